The molecule has 39 heavy (non-hydrogen) atoms. The fourth-order valence-corrected chi connectivity index (χ4v) is 4.35. The largest absolute Gasteiger partial charge is 0.491 e. The number of fused-ring (bicyclic) bond motifs is 2. The van der Waals surface area contributed by atoms with Crippen LogP contribution in [0.3, 0.4) is 0 Å². The number of hydrogen-bond donors (Lipinski definition) is 3. The van der Waals surface area contributed by atoms with Crippen LogP contribution >= 0.6 is 0 Å². The Morgan fingerprint density at radius 1 is 1.10 bits per heavy atom. The van der Waals surface area contributed by atoms with Crippen molar-refractivity contribution in [2.75, 3.05) is 13.2 Å². The fourth-order valence-electron chi connectivity index (χ4n) is 4.35. The first-order valence-corrected chi connectivity index (χ1v) is 11.9. The van der Waals surface area contributed by atoms with Gasteiger partial charge in [-0.05, 0) is 37.3 Å². The Morgan fingerprint density at radius 2 is 1.87 bits per heavy atom. The number of aromatic amines is 1. The second-order valence-corrected chi connectivity index (χ2v) is 8.86. The molecule has 1 atom stereocenters. The molecular weight excluding hydrogens is 515 g/mol. The van der Waals surface area contributed by atoms with Gasteiger partial charge in [-0.2, -0.15) is 0 Å². The van der Waals surface area contributed by atoms with E-state index >= 15 is 0 Å². The Balaban J connectivity index is 1.31. The normalized spacial score (nSPS) is 12.1. The molecule has 9 nitrogen and oxygen atoms in total. The predicted molar refractivity (Wildman–Crippen MR) is 135 cm³/mol. The number of imidazole rings is 2. The summed E-state index contributed by atoms with van der Waals surface area (Å²) in [6, 6.07) is 11.6. The van der Waals surface area contributed by atoms with Crippen LogP contribution in [0.1, 0.15) is 45.2 Å². The van der Waals surface area contributed by atoms with Crippen LogP contribution in [0, 0.1) is 17.5 Å². The third-order valence-electron chi connectivity index (χ3n) is 6.37. The lowest BCUT2D eigenvalue weighted by Crippen LogP contribution is -2.28. The van der Waals surface area contributed by atoms with Gasteiger partial charge in [0, 0.05) is 18.7 Å². The number of H-pyrrole nitrogens is 1. The van der Waals surface area contributed by atoms with Gasteiger partial charge in [0.1, 0.15) is 40.6 Å². The van der Waals surface area contributed by atoms with Crippen molar-refractivity contribution < 1.29 is 32.6 Å². The Hall–Kier alpha value is -4.87. The Kier molecular flexibility index (Phi) is 6.69. The van der Waals surface area contributed by atoms with Gasteiger partial charge in [0.15, 0.2) is 17.5 Å². The van der Waals surface area contributed by atoms with Crippen LogP contribution < -0.4 is 10.1 Å². The summed E-state index contributed by atoms with van der Waals surface area (Å²) in [4.78, 5) is 35.4. The molecule has 3 N–H and O–H groups in total. The van der Waals surface area contributed by atoms with Crippen molar-refractivity contribution in [3.05, 3.63) is 88.8 Å². The first kappa shape index (κ1) is 25.8. The first-order valence-electron chi connectivity index (χ1n) is 11.9. The zero-order chi connectivity index (χ0) is 27.8. The summed E-state index contributed by atoms with van der Waals surface area (Å²) in [5, 5.41) is 12.0. The maximum absolute atomic E-state index is 14.2. The smallest absolute Gasteiger partial charge is 0.339 e. The van der Waals surface area contributed by atoms with E-state index < -0.39 is 29.3 Å². The molecule has 0 aliphatic heterocycles. The van der Waals surface area contributed by atoms with Crippen molar-refractivity contribution in [1.82, 2.24) is 24.8 Å². The lowest BCUT2D eigenvalue weighted by atomic mass is 10.1. The molecule has 2 heterocycles. The molecule has 0 saturated heterocycles. The van der Waals surface area contributed by atoms with Crippen LogP contribution in [-0.2, 0) is 7.05 Å². The quantitative estimate of drug-likeness (QED) is 0.198. The van der Waals surface area contributed by atoms with E-state index in [0.717, 1.165) is 0 Å². The number of carbonyl (C=O) groups is 2. The number of rotatable bonds is 8. The number of carbonyl (C=O) groups excluding carboxylic acids is 1. The first-order chi connectivity index (χ1) is 18.7. The molecule has 1 amide bonds. The molecule has 12 heteroatoms. The van der Waals surface area contributed by atoms with Crippen LogP contribution in [0.4, 0.5) is 13.2 Å². The maximum Gasteiger partial charge on any atom is 0.339 e. The fraction of sp³-hybridized carbons (Fsp3) is 0.185. The number of ether oxygens (including phenoxy) is 1. The number of halogens is 3. The van der Waals surface area contributed by atoms with Crippen LogP contribution in [0.25, 0.3) is 22.1 Å². The van der Waals surface area contributed by atoms with Gasteiger partial charge in [-0.15, -0.1) is 0 Å². The van der Waals surface area contributed by atoms with Gasteiger partial charge in [-0.3, -0.25) is 4.79 Å². The number of benzene rings is 3. The SMILES string of the molecule is CC(c1nc2c(F)cc(F)c(F)c2[nH]1)c1nc2ccc(C(=O)NCCOc3ccccc3C(=O)O)cc2n1C. The van der Waals surface area contributed by atoms with Crippen molar-refractivity contribution in [2.24, 2.45) is 7.05 Å². The van der Waals surface area contributed by atoms with Crippen molar-refractivity contribution in [2.45, 2.75) is 12.8 Å². The number of carboxylic acid groups (broad SMARTS) is 1. The summed E-state index contributed by atoms with van der Waals surface area (Å²) in [6.07, 6.45) is 0. The Labute approximate surface area is 219 Å². The minimum atomic E-state index is -1.31. The molecule has 0 bridgehead atoms. The lowest BCUT2D eigenvalue weighted by molar-refractivity contribution is 0.0691. The Bertz CT molecular complexity index is 1750. The molecular formula is C27H22F3N5O4. The molecule has 0 aliphatic carbocycles. The molecule has 3 aromatic carbocycles. The summed E-state index contributed by atoms with van der Waals surface area (Å²) in [6.45, 7) is 1.94. The molecule has 0 radical (unpaired) electrons. The number of carboxylic acids is 1. The van der Waals surface area contributed by atoms with E-state index in [-0.39, 0.29) is 47.2 Å². The number of hydrogen-bond acceptors (Lipinski definition) is 5. The van der Waals surface area contributed by atoms with Crippen LogP contribution in [0.2, 0.25) is 0 Å². The average Bonchev–Trinajstić information content (AvgIpc) is 3.52. The van der Waals surface area contributed by atoms with Crippen molar-refractivity contribution >= 4 is 33.9 Å². The van der Waals surface area contributed by atoms with Crippen LogP contribution in [0.15, 0.2) is 48.5 Å². The van der Waals surface area contributed by atoms with Crippen molar-refractivity contribution in [3.63, 3.8) is 0 Å². The second-order valence-electron chi connectivity index (χ2n) is 8.86. The predicted octanol–water partition coefficient (Wildman–Crippen LogP) is 4.53. The Morgan fingerprint density at radius 3 is 2.64 bits per heavy atom. The van der Waals surface area contributed by atoms with Gasteiger partial charge >= 0.3 is 5.97 Å². The minimum Gasteiger partial charge on any atom is -0.491 e. The summed E-state index contributed by atoms with van der Waals surface area (Å²) < 4.78 is 49.2. The standard InChI is InChI=1S/C27H22F3N5O4/c1-13(24-33-22-17(29)12-16(28)21(30)23(22)34-24)25-32-18-8-7-14(11-19(18)35(25)2)26(36)31-9-10-39-20-6-4-3-5-15(20)27(37)38/h3-8,11-13H,9-10H2,1-2H3,(H,31,36)(H,33,34)(H,37,38). The summed E-state index contributed by atoms with van der Waals surface area (Å²) in [7, 11) is 1.74. The average molecular weight is 537 g/mol. The highest BCUT2D eigenvalue weighted by molar-refractivity contribution is 5.97. The van der Waals surface area contributed by atoms with Gasteiger partial charge in [0.05, 0.1) is 23.5 Å². The zero-order valence-corrected chi connectivity index (χ0v) is 20.8. The van der Waals surface area contributed by atoms with E-state index in [4.69, 9.17) is 4.74 Å². The number of para-hydroxylation sites is 1. The number of aryl methyl sites for hydroxylation is 1. The van der Waals surface area contributed by atoms with E-state index in [2.05, 4.69) is 20.3 Å². The zero-order valence-electron chi connectivity index (χ0n) is 20.8. The lowest BCUT2D eigenvalue weighted by Gasteiger charge is -2.10. The molecule has 0 saturated carbocycles. The monoisotopic (exact) mass is 537 g/mol. The molecule has 200 valence electrons. The van der Waals surface area contributed by atoms with Gasteiger partial charge in [-0.25, -0.2) is 27.9 Å². The highest BCUT2D eigenvalue weighted by atomic mass is 19.2. The topological polar surface area (TPSA) is 122 Å². The van der Waals surface area contributed by atoms with E-state index in [9.17, 15) is 27.9 Å². The molecule has 5 rings (SSSR count). The number of aromatic carboxylic acids is 1. The number of nitrogens with one attached hydrogen (secondary N) is 2. The molecule has 0 fully saturated rings. The van der Waals surface area contributed by atoms with Crippen molar-refractivity contribution in [3.8, 4) is 5.75 Å². The van der Waals surface area contributed by atoms with Crippen LogP contribution in [-0.4, -0.2) is 49.7 Å². The second kappa shape index (κ2) is 10.1. The maximum atomic E-state index is 14.2. The summed E-state index contributed by atoms with van der Waals surface area (Å²) in [5.74, 6) is -4.60. The van der Waals surface area contributed by atoms with Gasteiger partial charge in [0.25, 0.3) is 5.91 Å². The highest BCUT2D eigenvalue weighted by Crippen LogP contribution is 2.29. The highest BCUT2D eigenvalue weighted by Gasteiger charge is 2.23. The van der Waals surface area contributed by atoms with E-state index in [0.29, 0.717) is 28.5 Å². The number of nitrogens with zero attached hydrogens (tertiary/aromatic N) is 3. The molecule has 5 aromatic rings. The molecule has 2 aromatic heterocycles. The van der Waals surface area contributed by atoms with E-state index in [1.807, 2.05) is 0 Å². The summed E-state index contributed by atoms with van der Waals surface area (Å²) in [5.41, 5.74) is 0.950. The van der Waals surface area contributed by atoms with Gasteiger partial charge < -0.3 is 24.7 Å². The number of amides is 1. The number of aromatic nitrogens is 4. The molecule has 0 aliphatic rings. The van der Waals surface area contributed by atoms with Gasteiger partial charge in [-0.1, -0.05) is 12.1 Å². The third-order valence-corrected chi connectivity index (χ3v) is 6.37. The van der Waals surface area contributed by atoms with Crippen molar-refractivity contribution in [1.29, 1.82) is 0 Å². The van der Waals surface area contributed by atoms with Crippen LogP contribution in [0.5, 0.6) is 5.75 Å². The minimum absolute atomic E-state index is 0.0283. The third kappa shape index (κ3) is 4.76. The van der Waals surface area contributed by atoms with Gasteiger partial charge in [0.2, 0.25) is 0 Å². The van der Waals surface area contributed by atoms with E-state index in [1.165, 1.54) is 12.1 Å². The molecule has 0 spiro atoms. The molecule has 1 unspecified atom stereocenters. The van der Waals surface area contributed by atoms with E-state index in [1.54, 1.807) is 48.9 Å². The summed E-state index contributed by atoms with van der Waals surface area (Å²) >= 11 is 0.